The number of nitro benzene ring substituents is 1. The van der Waals surface area contributed by atoms with Crippen molar-refractivity contribution in [2.75, 3.05) is 18.9 Å². The Labute approximate surface area is 154 Å². The highest BCUT2D eigenvalue weighted by Gasteiger charge is 2.16. The molecule has 0 aliphatic carbocycles. The lowest BCUT2D eigenvalue weighted by atomic mass is 10.1. The third-order valence-corrected chi connectivity index (χ3v) is 4.95. The summed E-state index contributed by atoms with van der Waals surface area (Å²) in [6.07, 6.45) is 0. The Balaban J connectivity index is 1.62. The first-order valence-electron chi connectivity index (χ1n) is 8.01. The molecule has 0 saturated heterocycles. The van der Waals surface area contributed by atoms with Gasteiger partial charge in [-0.2, -0.15) is 0 Å². The van der Waals surface area contributed by atoms with Gasteiger partial charge in [-0.15, -0.1) is 11.3 Å². The number of anilines is 1. The maximum atomic E-state index is 12.3. The molecule has 2 aromatic carbocycles. The number of aromatic nitrogens is 1. The van der Waals surface area contributed by atoms with E-state index in [1.54, 1.807) is 30.4 Å². The molecule has 1 N–H and O–H groups in total. The van der Waals surface area contributed by atoms with Gasteiger partial charge < -0.3 is 5.32 Å². The third kappa shape index (κ3) is 4.04. The highest BCUT2D eigenvalue weighted by Crippen LogP contribution is 2.25. The number of rotatable bonds is 6. The molecule has 0 radical (unpaired) electrons. The normalized spacial score (nSPS) is 11.0. The van der Waals surface area contributed by atoms with Crippen LogP contribution in [0.2, 0.25) is 0 Å². The van der Waals surface area contributed by atoms with Crippen molar-refractivity contribution in [3.63, 3.8) is 0 Å². The molecular weight excluding hydrogens is 352 g/mol. The number of likely N-dealkylation sites (N-methyl/N-ethyl adjacent to an activating group) is 1. The fraction of sp³-hybridized carbons (Fsp3) is 0.222. The zero-order chi connectivity index (χ0) is 18.7. The molecule has 3 rings (SSSR count). The zero-order valence-electron chi connectivity index (χ0n) is 14.4. The average Bonchev–Trinajstić information content (AvgIpc) is 2.98. The number of hydrogen-bond acceptors (Lipinski definition) is 6. The van der Waals surface area contributed by atoms with Gasteiger partial charge in [-0.25, -0.2) is 4.98 Å². The van der Waals surface area contributed by atoms with Gasteiger partial charge in [0, 0.05) is 6.07 Å². The molecule has 0 saturated carbocycles. The minimum atomic E-state index is -0.454. The van der Waals surface area contributed by atoms with E-state index in [1.807, 2.05) is 36.2 Å². The monoisotopic (exact) mass is 370 g/mol. The second kappa shape index (κ2) is 7.59. The number of nitrogens with zero attached hydrogens (tertiary/aromatic N) is 3. The maximum Gasteiger partial charge on any atom is 0.274 e. The lowest BCUT2D eigenvalue weighted by Crippen LogP contribution is -2.30. The Morgan fingerprint density at radius 2 is 2.04 bits per heavy atom. The van der Waals surface area contributed by atoms with Crippen molar-refractivity contribution in [1.29, 1.82) is 0 Å². The van der Waals surface area contributed by atoms with Crippen LogP contribution >= 0.6 is 11.3 Å². The van der Waals surface area contributed by atoms with E-state index in [9.17, 15) is 14.9 Å². The minimum absolute atomic E-state index is 0.00868. The molecule has 26 heavy (non-hydrogen) atoms. The van der Waals surface area contributed by atoms with E-state index in [2.05, 4.69) is 10.3 Å². The second-order valence-electron chi connectivity index (χ2n) is 6.00. The van der Waals surface area contributed by atoms with Gasteiger partial charge in [0.15, 0.2) is 0 Å². The van der Waals surface area contributed by atoms with Crippen molar-refractivity contribution in [1.82, 2.24) is 9.88 Å². The van der Waals surface area contributed by atoms with Crippen molar-refractivity contribution >= 4 is 38.8 Å². The highest BCUT2D eigenvalue weighted by molar-refractivity contribution is 7.18. The predicted molar refractivity (Wildman–Crippen MR) is 102 cm³/mol. The van der Waals surface area contributed by atoms with E-state index in [0.29, 0.717) is 17.8 Å². The van der Waals surface area contributed by atoms with Gasteiger partial charge in [0.05, 0.1) is 39.5 Å². The summed E-state index contributed by atoms with van der Waals surface area (Å²) in [6, 6.07) is 12.6. The molecule has 8 heteroatoms. The minimum Gasteiger partial charge on any atom is -0.324 e. The standard InChI is InChI=1S/C18H18N4O3S/c1-12-13(7-5-8-15(12)22(24)25)19-17(23)10-21(2)11-18-20-14-6-3-4-9-16(14)26-18/h3-9H,10-11H2,1-2H3,(H,19,23). The van der Waals surface area contributed by atoms with Crippen molar-refractivity contribution in [2.45, 2.75) is 13.5 Å². The predicted octanol–water partition coefficient (Wildman–Crippen LogP) is 3.58. The van der Waals surface area contributed by atoms with Crippen molar-refractivity contribution < 1.29 is 9.72 Å². The molecule has 1 heterocycles. The number of carbonyl (C=O) groups is 1. The zero-order valence-corrected chi connectivity index (χ0v) is 15.2. The summed E-state index contributed by atoms with van der Waals surface area (Å²) < 4.78 is 1.12. The quantitative estimate of drug-likeness (QED) is 0.529. The van der Waals surface area contributed by atoms with E-state index in [1.165, 1.54) is 6.07 Å². The second-order valence-corrected chi connectivity index (χ2v) is 7.12. The van der Waals surface area contributed by atoms with Gasteiger partial charge in [-0.3, -0.25) is 19.8 Å². The molecule has 0 spiro atoms. The van der Waals surface area contributed by atoms with Gasteiger partial charge in [-0.05, 0) is 32.2 Å². The van der Waals surface area contributed by atoms with Crippen LogP contribution in [0.4, 0.5) is 11.4 Å². The summed E-state index contributed by atoms with van der Waals surface area (Å²) in [5, 5.41) is 14.7. The Morgan fingerprint density at radius 3 is 2.77 bits per heavy atom. The Morgan fingerprint density at radius 1 is 1.27 bits per heavy atom. The van der Waals surface area contributed by atoms with Crippen LogP contribution < -0.4 is 5.32 Å². The van der Waals surface area contributed by atoms with E-state index >= 15 is 0 Å². The van der Waals surface area contributed by atoms with Crippen LogP contribution in [0.25, 0.3) is 10.2 Å². The first kappa shape index (κ1) is 18.0. The Bertz CT molecular complexity index is 937. The van der Waals surface area contributed by atoms with Gasteiger partial charge in [0.1, 0.15) is 5.01 Å². The molecule has 7 nitrogen and oxygen atoms in total. The fourth-order valence-electron chi connectivity index (χ4n) is 2.67. The van der Waals surface area contributed by atoms with Crippen LogP contribution in [0.3, 0.4) is 0 Å². The number of fused-ring (bicyclic) bond motifs is 1. The number of para-hydroxylation sites is 1. The van der Waals surface area contributed by atoms with E-state index < -0.39 is 4.92 Å². The number of benzene rings is 2. The average molecular weight is 370 g/mol. The van der Waals surface area contributed by atoms with Gasteiger partial charge in [0.2, 0.25) is 5.91 Å². The Kier molecular flexibility index (Phi) is 5.24. The van der Waals surface area contributed by atoms with Crippen LogP contribution in [0, 0.1) is 17.0 Å². The molecule has 0 fully saturated rings. The first-order valence-corrected chi connectivity index (χ1v) is 8.82. The lowest BCUT2D eigenvalue weighted by Gasteiger charge is -2.15. The number of hydrogen-bond donors (Lipinski definition) is 1. The molecule has 0 aliphatic heterocycles. The summed E-state index contributed by atoms with van der Waals surface area (Å²) in [5.74, 6) is -0.225. The molecule has 1 aromatic heterocycles. The molecule has 0 atom stereocenters. The molecule has 3 aromatic rings. The summed E-state index contributed by atoms with van der Waals surface area (Å²) in [5.41, 5.74) is 1.85. The van der Waals surface area contributed by atoms with Gasteiger partial charge in [-0.1, -0.05) is 18.2 Å². The van der Waals surface area contributed by atoms with Crippen LogP contribution in [0.5, 0.6) is 0 Å². The van der Waals surface area contributed by atoms with Crippen LogP contribution in [0.1, 0.15) is 10.6 Å². The first-order chi connectivity index (χ1) is 12.4. The molecule has 0 aliphatic rings. The lowest BCUT2D eigenvalue weighted by molar-refractivity contribution is -0.385. The van der Waals surface area contributed by atoms with Gasteiger partial charge >= 0.3 is 0 Å². The fourth-order valence-corrected chi connectivity index (χ4v) is 3.71. The summed E-state index contributed by atoms with van der Waals surface area (Å²) in [6.45, 7) is 2.34. The summed E-state index contributed by atoms with van der Waals surface area (Å²) >= 11 is 1.60. The molecular formula is C18H18N4O3S. The van der Waals surface area contributed by atoms with E-state index in [4.69, 9.17) is 0 Å². The SMILES string of the molecule is Cc1c(NC(=O)CN(C)Cc2nc3ccccc3s2)cccc1[N+](=O)[O-]. The third-order valence-electron chi connectivity index (χ3n) is 3.93. The molecule has 1 amide bonds. The highest BCUT2D eigenvalue weighted by atomic mass is 32.1. The number of carbonyl (C=O) groups excluding carboxylic acids is 1. The number of amides is 1. The molecule has 0 unspecified atom stereocenters. The van der Waals surface area contributed by atoms with Crippen LogP contribution in [-0.4, -0.2) is 34.3 Å². The topological polar surface area (TPSA) is 88.4 Å². The van der Waals surface area contributed by atoms with Gasteiger partial charge in [0.25, 0.3) is 5.69 Å². The van der Waals surface area contributed by atoms with Crippen molar-refractivity contribution in [3.8, 4) is 0 Å². The Hall–Kier alpha value is -2.84. The smallest absolute Gasteiger partial charge is 0.274 e. The van der Waals surface area contributed by atoms with Crippen molar-refractivity contribution in [3.05, 3.63) is 63.1 Å². The van der Waals surface area contributed by atoms with Crippen LogP contribution in [-0.2, 0) is 11.3 Å². The van der Waals surface area contributed by atoms with E-state index in [0.717, 1.165) is 15.2 Å². The van der Waals surface area contributed by atoms with Crippen molar-refractivity contribution in [2.24, 2.45) is 0 Å². The largest absolute Gasteiger partial charge is 0.324 e. The van der Waals surface area contributed by atoms with Crippen LogP contribution in [0.15, 0.2) is 42.5 Å². The summed E-state index contributed by atoms with van der Waals surface area (Å²) in [4.78, 5) is 29.2. The summed E-state index contributed by atoms with van der Waals surface area (Å²) in [7, 11) is 1.84. The number of nitro groups is 1. The molecule has 0 bridgehead atoms. The molecule has 134 valence electrons. The maximum absolute atomic E-state index is 12.3. The number of thiazole rings is 1. The number of nitrogens with one attached hydrogen (secondary N) is 1. The van der Waals surface area contributed by atoms with E-state index in [-0.39, 0.29) is 18.1 Å².